The lowest BCUT2D eigenvalue weighted by atomic mass is 10.4. The number of guanidine groups is 1. The number of ether oxygens (including phenoxy) is 1. The van der Waals surface area contributed by atoms with Gasteiger partial charge in [-0.1, -0.05) is 0 Å². The van der Waals surface area contributed by atoms with Crippen molar-refractivity contribution in [1.29, 1.82) is 0 Å². The third kappa shape index (κ3) is 5.81. The molecule has 24 heavy (non-hydrogen) atoms. The van der Waals surface area contributed by atoms with Crippen molar-refractivity contribution >= 4 is 11.9 Å². The average molecular weight is 334 g/mol. The fourth-order valence-corrected chi connectivity index (χ4v) is 1.95. The molecule has 2 heterocycles. The molecule has 2 aromatic heterocycles. The Morgan fingerprint density at radius 2 is 2.17 bits per heavy atom. The maximum absolute atomic E-state index is 11.0. The highest BCUT2D eigenvalue weighted by atomic mass is 16.5. The Morgan fingerprint density at radius 3 is 2.83 bits per heavy atom. The Bertz CT molecular complexity index is 649. The molecule has 8 nitrogen and oxygen atoms in total. The molecule has 0 aliphatic rings. The van der Waals surface area contributed by atoms with Crippen LogP contribution in [0.5, 0.6) is 0 Å². The summed E-state index contributed by atoms with van der Waals surface area (Å²) in [6.07, 6.45) is 2.45. The lowest BCUT2D eigenvalue weighted by Gasteiger charge is -2.10. The van der Waals surface area contributed by atoms with E-state index in [0.717, 1.165) is 12.2 Å². The number of aliphatic imine (C=N–C) groups is 1. The first kappa shape index (κ1) is 17.6. The third-order valence-corrected chi connectivity index (χ3v) is 3.14. The summed E-state index contributed by atoms with van der Waals surface area (Å²) in [6.45, 7) is 2.20. The number of hydrogen-bond acceptors (Lipinski definition) is 5. The monoisotopic (exact) mass is 334 g/mol. The molecule has 0 aliphatic heterocycles. The van der Waals surface area contributed by atoms with E-state index < -0.39 is 5.91 Å². The van der Waals surface area contributed by atoms with Gasteiger partial charge < -0.3 is 29.9 Å². The van der Waals surface area contributed by atoms with Crippen LogP contribution < -0.4 is 16.4 Å². The first-order chi connectivity index (χ1) is 11.7. The maximum Gasteiger partial charge on any atom is 0.284 e. The lowest BCUT2D eigenvalue weighted by Crippen LogP contribution is -2.37. The van der Waals surface area contributed by atoms with Crippen molar-refractivity contribution in [2.75, 3.05) is 20.2 Å². The second-order valence-corrected chi connectivity index (χ2v) is 4.97. The molecule has 4 N–H and O–H groups in total. The van der Waals surface area contributed by atoms with Crippen molar-refractivity contribution in [2.24, 2.45) is 10.7 Å². The van der Waals surface area contributed by atoms with Crippen LogP contribution in [0.15, 0.2) is 44.4 Å². The van der Waals surface area contributed by atoms with E-state index in [1.807, 2.05) is 12.1 Å². The predicted octanol–water partition coefficient (Wildman–Crippen LogP) is 1.24. The van der Waals surface area contributed by atoms with Crippen LogP contribution >= 0.6 is 0 Å². The van der Waals surface area contributed by atoms with Gasteiger partial charge in [0.05, 0.1) is 12.8 Å². The minimum Gasteiger partial charge on any atom is -0.467 e. The van der Waals surface area contributed by atoms with Crippen LogP contribution in [0.4, 0.5) is 0 Å². The molecule has 0 unspecified atom stereocenters. The first-order valence-corrected chi connectivity index (χ1v) is 7.62. The molecule has 0 saturated carbocycles. The molecular weight excluding hydrogens is 312 g/mol. The average Bonchev–Trinajstić information content (AvgIpc) is 3.25. The summed E-state index contributed by atoms with van der Waals surface area (Å²) < 4.78 is 16.0. The van der Waals surface area contributed by atoms with E-state index in [1.54, 1.807) is 25.4 Å². The molecule has 2 rings (SSSR count). The Morgan fingerprint density at radius 1 is 1.29 bits per heavy atom. The Labute approximate surface area is 140 Å². The molecule has 0 saturated heterocycles. The minimum atomic E-state index is -0.585. The van der Waals surface area contributed by atoms with Crippen molar-refractivity contribution in [1.82, 2.24) is 10.6 Å². The second kappa shape index (κ2) is 9.41. The Balaban J connectivity index is 1.59. The maximum atomic E-state index is 11.0. The Kier molecular flexibility index (Phi) is 6.91. The topological polar surface area (TPSA) is 115 Å². The summed E-state index contributed by atoms with van der Waals surface area (Å²) in [7, 11) is 1.68. The molecule has 2 aromatic rings. The van der Waals surface area contributed by atoms with Gasteiger partial charge in [0.1, 0.15) is 18.1 Å². The second-order valence-electron chi connectivity index (χ2n) is 4.97. The van der Waals surface area contributed by atoms with E-state index in [1.165, 1.54) is 0 Å². The van der Waals surface area contributed by atoms with Gasteiger partial charge in [-0.3, -0.25) is 9.79 Å². The van der Waals surface area contributed by atoms with Gasteiger partial charge in [-0.15, -0.1) is 0 Å². The molecule has 0 aromatic carbocycles. The number of hydrogen-bond donors (Lipinski definition) is 3. The van der Waals surface area contributed by atoms with Crippen molar-refractivity contribution in [3.8, 4) is 0 Å². The van der Waals surface area contributed by atoms with Crippen molar-refractivity contribution in [3.05, 3.63) is 47.8 Å². The van der Waals surface area contributed by atoms with Crippen LogP contribution in [0.25, 0.3) is 0 Å². The standard InChI is InChI=1S/C16H22N4O4/c1-18-16(20-10-12-5-6-14(24-12)15(17)21)19-7-3-8-22-11-13-4-2-9-23-13/h2,4-6,9H,3,7-8,10-11H2,1H3,(H2,17,21)(H2,18,19,20). The predicted molar refractivity (Wildman–Crippen MR) is 88.4 cm³/mol. The highest BCUT2D eigenvalue weighted by molar-refractivity contribution is 5.89. The molecule has 0 fully saturated rings. The number of carbonyl (C=O) groups excluding carboxylic acids is 1. The number of furan rings is 2. The summed E-state index contributed by atoms with van der Waals surface area (Å²) >= 11 is 0. The zero-order valence-corrected chi connectivity index (χ0v) is 13.6. The molecule has 130 valence electrons. The highest BCUT2D eigenvalue weighted by Crippen LogP contribution is 2.06. The number of nitrogens with zero attached hydrogens (tertiary/aromatic N) is 1. The molecule has 0 aliphatic carbocycles. The van der Waals surface area contributed by atoms with E-state index in [0.29, 0.717) is 38.0 Å². The van der Waals surface area contributed by atoms with Crippen LogP contribution in [-0.4, -0.2) is 32.1 Å². The molecule has 8 heteroatoms. The van der Waals surface area contributed by atoms with Gasteiger partial charge in [-0.25, -0.2) is 0 Å². The van der Waals surface area contributed by atoms with E-state index in [9.17, 15) is 4.79 Å². The van der Waals surface area contributed by atoms with Gasteiger partial charge >= 0.3 is 0 Å². The number of rotatable bonds is 9. The normalized spacial score (nSPS) is 11.5. The quantitative estimate of drug-likeness (QED) is 0.361. The van der Waals surface area contributed by atoms with E-state index >= 15 is 0 Å². The third-order valence-electron chi connectivity index (χ3n) is 3.14. The zero-order chi connectivity index (χ0) is 17.2. The van der Waals surface area contributed by atoms with Gasteiger partial charge in [0, 0.05) is 20.2 Å². The summed E-state index contributed by atoms with van der Waals surface area (Å²) in [5.74, 6) is 1.61. The fourth-order valence-electron chi connectivity index (χ4n) is 1.95. The van der Waals surface area contributed by atoms with Crippen LogP contribution in [0.2, 0.25) is 0 Å². The molecule has 0 spiro atoms. The number of carbonyl (C=O) groups is 1. The van der Waals surface area contributed by atoms with Crippen LogP contribution in [0.1, 0.15) is 28.5 Å². The van der Waals surface area contributed by atoms with E-state index in [2.05, 4.69) is 15.6 Å². The Hall–Kier alpha value is -2.74. The van der Waals surface area contributed by atoms with Crippen LogP contribution in [0, 0.1) is 0 Å². The number of primary amides is 1. The summed E-state index contributed by atoms with van der Waals surface area (Å²) in [5.41, 5.74) is 5.14. The van der Waals surface area contributed by atoms with Gasteiger partial charge in [0.25, 0.3) is 5.91 Å². The lowest BCUT2D eigenvalue weighted by molar-refractivity contribution is 0.0972. The van der Waals surface area contributed by atoms with Gasteiger partial charge in [0.2, 0.25) is 0 Å². The number of nitrogens with one attached hydrogen (secondary N) is 2. The van der Waals surface area contributed by atoms with Crippen LogP contribution in [0.3, 0.4) is 0 Å². The highest BCUT2D eigenvalue weighted by Gasteiger charge is 2.07. The van der Waals surface area contributed by atoms with E-state index in [-0.39, 0.29) is 5.76 Å². The largest absolute Gasteiger partial charge is 0.467 e. The molecule has 0 atom stereocenters. The first-order valence-electron chi connectivity index (χ1n) is 7.62. The summed E-state index contributed by atoms with van der Waals surface area (Å²) in [6, 6.07) is 6.96. The minimum absolute atomic E-state index is 0.142. The summed E-state index contributed by atoms with van der Waals surface area (Å²) in [5, 5.41) is 6.25. The SMILES string of the molecule is CN=C(NCCCOCc1ccco1)NCc1ccc(C(N)=O)o1. The fraction of sp³-hybridized carbons (Fsp3) is 0.375. The smallest absolute Gasteiger partial charge is 0.284 e. The van der Waals surface area contributed by atoms with Gasteiger partial charge in [-0.05, 0) is 30.7 Å². The van der Waals surface area contributed by atoms with Gasteiger partial charge in [0.15, 0.2) is 11.7 Å². The van der Waals surface area contributed by atoms with Crippen molar-refractivity contribution in [2.45, 2.75) is 19.6 Å². The molecule has 1 amide bonds. The van der Waals surface area contributed by atoms with Crippen LogP contribution in [-0.2, 0) is 17.9 Å². The van der Waals surface area contributed by atoms with Gasteiger partial charge in [-0.2, -0.15) is 0 Å². The summed E-state index contributed by atoms with van der Waals surface area (Å²) in [4.78, 5) is 15.1. The van der Waals surface area contributed by atoms with Crippen molar-refractivity contribution in [3.63, 3.8) is 0 Å². The number of amides is 1. The zero-order valence-electron chi connectivity index (χ0n) is 13.6. The molecular formula is C16H22N4O4. The number of nitrogens with two attached hydrogens (primary N) is 1. The van der Waals surface area contributed by atoms with Crippen molar-refractivity contribution < 1.29 is 18.4 Å². The molecule has 0 radical (unpaired) electrons. The molecule has 0 bridgehead atoms. The van der Waals surface area contributed by atoms with E-state index in [4.69, 9.17) is 19.3 Å².